The van der Waals surface area contributed by atoms with E-state index < -0.39 is 22.7 Å². The van der Waals surface area contributed by atoms with Crippen LogP contribution in [-0.4, -0.2) is 39.1 Å². The third-order valence-corrected chi connectivity index (χ3v) is 4.88. The van der Waals surface area contributed by atoms with Crippen molar-refractivity contribution in [2.45, 2.75) is 0 Å². The number of allylic oxidation sites excluding steroid dienone is 1. The van der Waals surface area contributed by atoms with Crippen LogP contribution in [0, 0.1) is 0 Å². The van der Waals surface area contributed by atoms with E-state index in [4.69, 9.17) is 4.42 Å². The van der Waals surface area contributed by atoms with Crippen LogP contribution < -0.4 is 15.4 Å². The maximum atomic E-state index is 12.5. The largest absolute Gasteiger partial charge is 0.507 e. The Balaban J connectivity index is 1.76. The van der Waals surface area contributed by atoms with E-state index in [0.29, 0.717) is 0 Å². The molecule has 0 saturated carbocycles. The zero-order valence-electron chi connectivity index (χ0n) is 18.6. The zero-order valence-corrected chi connectivity index (χ0v) is 18.6. The minimum atomic E-state index is -0.884. The molecule has 0 atom stereocenters. The van der Waals surface area contributed by atoms with Gasteiger partial charge in [-0.15, -0.1) is 0 Å². The van der Waals surface area contributed by atoms with Gasteiger partial charge in [0.1, 0.15) is 17.1 Å². The third-order valence-electron chi connectivity index (χ3n) is 4.88. The number of carbonyl (C=O) groups is 1. The average Bonchev–Trinajstić information content (AvgIpc) is 2.76. The van der Waals surface area contributed by atoms with Crippen molar-refractivity contribution >= 4 is 35.4 Å². The molecule has 0 radical (unpaired) electrons. The molecule has 32 heavy (non-hydrogen) atoms. The summed E-state index contributed by atoms with van der Waals surface area (Å²) in [5.41, 5.74) is 2.53. The highest BCUT2D eigenvalue weighted by Crippen LogP contribution is 2.20. The monoisotopic (exact) mass is 430 g/mol. The van der Waals surface area contributed by atoms with Crippen LogP contribution in [0.15, 0.2) is 69.9 Å². The fraction of sp³-hybridized carbons (Fsp3) is 0.154. The normalized spacial score (nSPS) is 11.2. The van der Waals surface area contributed by atoms with E-state index in [0.717, 1.165) is 22.5 Å². The van der Waals surface area contributed by atoms with Gasteiger partial charge in [-0.2, -0.15) is 0 Å². The summed E-state index contributed by atoms with van der Waals surface area (Å²) in [7, 11) is 7.80. The molecule has 1 aromatic heterocycles. The number of ketones is 1. The molecule has 0 aliphatic carbocycles. The van der Waals surface area contributed by atoms with E-state index in [-0.39, 0.29) is 5.76 Å². The Labute approximate surface area is 187 Å². The van der Waals surface area contributed by atoms with Crippen molar-refractivity contribution in [3.05, 3.63) is 93.5 Å². The van der Waals surface area contributed by atoms with Crippen molar-refractivity contribution in [1.82, 2.24) is 0 Å². The minimum Gasteiger partial charge on any atom is -0.507 e. The second-order valence-electron chi connectivity index (χ2n) is 7.70. The van der Waals surface area contributed by atoms with E-state index in [2.05, 4.69) is 0 Å². The number of rotatable bonds is 7. The molecule has 0 aliphatic rings. The van der Waals surface area contributed by atoms with Gasteiger partial charge in [0.2, 0.25) is 0 Å². The first-order chi connectivity index (χ1) is 15.2. The second kappa shape index (κ2) is 9.83. The lowest BCUT2D eigenvalue weighted by Crippen LogP contribution is -2.13. The van der Waals surface area contributed by atoms with Crippen LogP contribution in [0.1, 0.15) is 27.2 Å². The van der Waals surface area contributed by atoms with Crippen molar-refractivity contribution in [2.75, 3.05) is 38.0 Å². The highest BCUT2D eigenvalue weighted by Gasteiger charge is 2.16. The van der Waals surface area contributed by atoms with E-state index in [1.807, 2.05) is 86.5 Å². The van der Waals surface area contributed by atoms with Gasteiger partial charge < -0.3 is 19.3 Å². The average molecular weight is 431 g/mol. The molecular formula is C26H26N2O4. The van der Waals surface area contributed by atoms with Gasteiger partial charge in [-0.1, -0.05) is 36.4 Å². The van der Waals surface area contributed by atoms with Crippen LogP contribution in [0.25, 0.3) is 18.2 Å². The molecule has 0 saturated heterocycles. The second-order valence-corrected chi connectivity index (χ2v) is 7.70. The van der Waals surface area contributed by atoms with Gasteiger partial charge in [0.15, 0.2) is 5.78 Å². The predicted molar refractivity (Wildman–Crippen MR) is 130 cm³/mol. The third kappa shape index (κ3) is 5.55. The molecule has 0 amide bonds. The Bertz CT molecular complexity index is 1200. The van der Waals surface area contributed by atoms with Crippen LogP contribution in [-0.2, 0) is 0 Å². The van der Waals surface area contributed by atoms with Crippen LogP contribution in [0.5, 0.6) is 5.75 Å². The van der Waals surface area contributed by atoms with Crippen molar-refractivity contribution in [2.24, 2.45) is 0 Å². The zero-order chi connectivity index (χ0) is 23.3. The summed E-state index contributed by atoms with van der Waals surface area (Å²) in [5, 5.41) is 10.3. The van der Waals surface area contributed by atoms with Crippen LogP contribution in [0.4, 0.5) is 11.4 Å². The van der Waals surface area contributed by atoms with Gasteiger partial charge in [-0.3, -0.25) is 4.79 Å². The lowest BCUT2D eigenvalue weighted by molar-refractivity contribution is 0.104. The van der Waals surface area contributed by atoms with Gasteiger partial charge in [-0.25, -0.2) is 4.79 Å². The summed E-state index contributed by atoms with van der Waals surface area (Å²) in [4.78, 5) is 28.8. The summed E-state index contributed by atoms with van der Waals surface area (Å²) >= 11 is 0. The van der Waals surface area contributed by atoms with Gasteiger partial charge in [0.05, 0.1) is 0 Å². The SMILES string of the molecule is CN(C)c1ccc(/C=C/C(=O)c2c(O)cc(/C=C/c3ccc(N(C)C)cc3)oc2=O)cc1. The number of hydrogen-bond donors (Lipinski definition) is 1. The first-order valence-electron chi connectivity index (χ1n) is 10.1. The van der Waals surface area contributed by atoms with Gasteiger partial charge >= 0.3 is 5.63 Å². The molecule has 0 bridgehead atoms. The summed E-state index contributed by atoms with van der Waals surface area (Å²) in [6.45, 7) is 0. The Hall–Kier alpha value is -4.06. The van der Waals surface area contributed by atoms with Crippen LogP contribution in [0.3, 0.4) is 0 Å². The first-order valence-corrected chi connectivity index (χ1v) is 10.1. The standard InChI is InChI=1S/C26H26N2O4/c1-27(2)20-11-5-18(6-12-20)9-15-22-17-24(30)25(26(31)32-22)23(29)16-10-19-7-13-21(14-8-19)28(3)4/h5-17,30H,1-4H3/b15-9+,16-10+. The summed E-state index contributed by atoms with van der Waals surface area (Å²) in [6, 6.07) is 16.6. The molecule has 3 rings (SSSR count). The van der Waals surface area contributed by atoms with E-state index in [9.17, 15) is 14.7 Å². The fourth-order valence-electron chi connectivity index (χ4n) is 3.01. The fourth-order valence-corrected chi connectivity index (χ4v) is 3.01. The molecule has 0 aliphatic heterocycles. The van der Waals surface area contributed by atoms with Gasteiger partial charge in [0.25, 0.3) is 0 Å². The molecule has 6 nitrogen and oxygen atoms in total. The number of aromatic hydroxyl groups is 1. The Morgan fingerprint density at radius 2 is 1.31 bits per heavy atom. The highest BCUT2D eigenvalue weighted by atomic mass is 16.4. The van der Waals surface area contributed by atoms with E-state index >= 15 is 0 Å². The van der Waals surface area contributed by atoms with E-state index in [1.165, 1.54) is 12.1 Å². The van der Waals surface area contributed by atoms with Crippen LogP contribution >= 0.6 is 0 Å². The molecule has 0 unspecified atom stereocenters. The smallest absolute Gasteiger partial charge is 0.351 e. The molecule has 1 N–H and O–H groups in total. The maximum Gasteiger partial charge on any atom is 0.351 e. The molecule has 1 heterocycles. The molecule has 0 spiro atoms. The van der Waals surface area contributed by atoms with Crippen molar-refractivity contribution < 1.29 is 14.3 Å². The lowest BCUT2D eigenvalue weighted by atomic mass is 10.1. The van der Waals surface area contributed by atoms with Gasteiger partial charge in [-0.05, 0) is 47.5 Å². The molecular weight excluding hydrogens is 404 g/mol. The Morgan fingerprint density at radius 1 is 0.812 bits per heavy atom. The first kappa shape index (κ1) is 22.6. The van der Waals surface area contributed by atoms with Gasteiger partial charge in [0, 0.05) is 45.6 Å². The van der Waals surface area contributed by atoms with E-state index in [1.54, 1.807) is 18.2 Å². The summed E-state index contributed by atoms with van der Waals surface area (Å²) < 4.78 is 5.22. The minimum absolute atomic E-state index is 0.156. The molecule has 164 valence electrons. The number of nitrogens with zero attached hydrogens (tertiary/aromatic N) is 2. The summed E-state index contributed by atoms with van der Waals surface area (Å²) in [6.07, 6.45) is 6.17. The topological polar surface area (TPSA) is 74.0 Å². The van der Waals surface area contributed by atoms with Crippen molar-refractivity contribution in [3.63, 3.8) is 0 Å². The van der Waals surface area contributed by atoms with Crippen molar-refractivity contribution in [1.29, 1.82) is 0 Å². The Morgan fingerprint density at radius 3 is 1.78 bits per heavy atom. The number of anilines is 2. The lowest BCUT2D eigenvalue weighted by Gasteiger charge is -2.11. The number of benzene rings is 2. The van der Waals surface area contributed by atoms with Crippen LogP contribution in [0.2, 0.25) is 0 Å². The molecule has 3 aromatic rings. The maximum absolute atomic E-state index is 12.5. The number of carbonyl (C=O) groups excluding carboxylic acids is 1. The Kier molecular flexibility index (Phi) is 6.95. The van der Waals surface area contributed by atoms with Crippen molar-refractivity contribution in [3.8, 4) is 5.75 Å². The molecule has 0 fully saturated rings. The quantitative estimate of drug-likeness (QED) is 0.438. The summed E-state index contributed by atoms with van der Waals surface area (Å²) in [5.74, 6) is -0.881. The predicted octanol–water partition coefficient (Wildman–Crippen LogP) is 4.54. The molecule has 6 heteroatoms. The molecule has 2 aromatic carbocycles. The number of hydrogen-bond acceptors (Lipinski definition) is 6. The highest BCUT2D eigenvalue weighted by molar-refractivity contribution is 6.08.